The van der Waals surface area contributed by atoms with Crippen LogP contribution in [-0.2, 0) is 81.4 Å². The van der Waals surface area contributed by atoms with Crippen LogP contribution in [0.25, 0.3) is 0 Å². The molecular weight excluding hydrogens is 1690 g/mol. The van der Waals surface area contributed by atoms with Crippen LogP contribution in [-0.4, -0.2) is 177 Å². The quantitative estimate of drug-likeness (QED) is 0.00723. The second-order valence-corrected chi connectivity index (χ2v) is 38.1. The highest BCUT2D eigenvalue weighted by Crippen LogP contribution is 2.44. The summed E-state index contributed by atoms with van der Waals surface area (Å²) in [5.41, 5.74) is 0.517. The Bertz CT molecular complexity index is 3000. The predicted molar refractivity (Wildman–Crippen MR) is 517 cm³/mol. The number of phosphoric acid groups is 2. The van der Waals surface area contributed by atoms with Crippen molar-refractivity contribution in [3.63, 3.8) is 0 Å². The Morgan fingerprint density at radius 1 is 0.380 bits per heavy atom. The van der Waals surface area contributed by atoms with E-state index in [9.17, 15) is 57.9 Å². The molecule has 4 amide bonds. The van der Waals surface area contributed by atoms with E-state index in [-0.39, 0.29) is 108 Å². The number of aliphatic carboxylic acids is 1. The summed E-state index contributed by atoms with van der Waals surface area (Å²) in [6.07, 6.45) is 61.1. The lowest BCUT2D eigenvalue weighted by Gasteiger charge is -2.25. The van der Waals surface area contributed by atoms with Gasteiger partial charge in [0.05, 0.1) is 71.0 Å². The molecule has 0 radical (unpaired) electrons. The molecular formula is C100H185N5O22P2. The van der Waals surface area contributed by atoms with Crippen molar-refractivity contribution in [3.8, 4) is 5.75 Å². The molecule has 10 N–H and O–H groups in total. The minimum absolute atomic E-state index is 0.0151. The largest absolute Gasteiger partial charge is 0.492 e. The average molecular weight is 1870 g/mol. The number of nitrogens with one attached hydrogen (secondary N) is 5. The summed E-state index contributed by atoms with van der Waals surface area (Å²) in [6, 6.07) is 4.89. The van der Waals surface area contributed by atoms with Gasteiger partial charge in [0.2, 0.25) is 23.6 Å². The zero-order valence-corrected chi connectivity index (χ0v) is 83.2. The van der Waals surface area contributed by atoms with Gasteiger partial charge in [-0.1, -0.05) is 303 Å². The molecule has 0 spiro atoms. The molecule has 27 nitrogen and oxygen atoms in total. The first-order valence-electron chi connectivity index (χ1n) is 51.3. The van der Waals surface area contributed by atoms with Crippen LogP contribution in [0.1, 0.15) is 420 Å². The molecule has 0 aliphatic heterocycles. The summed E-state index contributed by atoms with van der Waals surface area (Å²) >= 11 is 0. The highest BCUT2D eigenvalue weighted by atomic mass is 31.2. The van der Waals surface area contributed by atoms with Crippen molar-refractivity contribution in [1.82, 2.24) is 26.6 Å². The number of esters is 1. The Morgan fingerprint density at radius 2 is 0.775 bits per heavy atom. The van der Waals surface area contributed by atoms with Gasteiger partial charge in [0.1, 0.15) is 30.6 Å². The summed E-state index contributed by atoms with van der Waals surface area (Å²) in [4.78, 5) is 100. The number of benzene rings is 1. The maximum Gasteiger partial charge on any atom is 0.472 e. The fourth-order valence-electron chi connectivity index (χ4n) is 15.0. The van der Waals surface area contributed by atoms with Crippen LogP contribution in [0.15, 0.2) is 48.6 Å². The Labute approximate surface area is 780 Å². The van der Waals surface area contributed by atoms with E-state index in [4.69, 9.17) is 46.9 Å². The van der Waals surface area contributed by atoms with E-state index in [0.717, 1.165) is 161 Å². The summed E-state index contributed by atoms with van der Waals surface area (Å²) in [6.45, 7) is 11.1. The molecule has 752 valence electrons. The summed E-state index contributed by atoms with van der Waals surface area (Å²) in [7, 11) is -9.72. The SMILES string of the molecule is CCCCCC/C=C\CCCC(=O)OC(CCCCCCC)CCOCC(COP(=O)(O)OCCNC(=O)C(Cc1ccc(OCCNC(=O)CCCCC(=O)O)cc1)C(=O)NCCOP(=O)(O)OCC(COCCC(CCCCCCC)OC(O)CCC/C=C\CCCCCC)NC(O)CCCCCCCCCCCCC)NC(=O)CCCCCCCCCCCCC. The van der Waals surface area contributed by atoms with Gasteiger partial charge in [-0.15, -0.1) is 0 Å². The van der Waals surface area contributed by atoms with Gasteiger partial charge in [-0.25, -0.2) is 9.13 Å². The number of hydrogen-bond donors (Lipinski definition) is 10. The van der Waals surface area contributed by atoms with E-state index in [1.54, 1.807) is 24.3 Å². The molecule has 0 heterocycles. The Morgan fingerprint density at radius 3 is 1.27 bits per heavy atom. The molecule has 0 aromatic heterocycles. The summed E-state index contributed by atoms with van der Waals surface area (Å²) in [5, 5.41) is 45.3. The number of allylic oxidation sites excluding steroid dienone is 4. The molecule has 1 aromatic carbocycles. The van der Waals surface area contributed by atoms with Crippen LogP contribution < -0.4 is 31.3 Å². The van der Waals surface area contributed by atoms with Crippen LogP contribution in [0.2, 0.25) is 0 Å². The van der Waals surface area contributed by atoms with Gasteiger partial charge in [-0.2, -0.15) is 0 Å². The van der Waals surface area contributed by atoms with Gasteiger partial charge in [0, 0.05) is 51.8 Å². The molecule has 0 saturated heterocycles. The summed E-state index contributed by atoms with van der Waals surface area (Å²) < 4.78 is 79.5. The minimum atomic E-state index is -4.88. The molecule has 0 aliphatic carbocycles. The number of ether oxygens (including phenoxy) is 5. The lowest BCUT2D eigenvalue weighted by atomic mass is 9.97. The number of unbranched alkanes of at least 4 members (excludes halogenated alkanes) is 39. The molecule has 0 aliphatic rings. The molecule has 0 saturated carbocycles. The third kappa shape index (κ3) is 79.3. The first-order valence-corrected chi connectivity index (χ1v) is 54.3. The molecule has 29 heteroatoms. The zero-order valence-electron chi connectivity index (χ0n) is 81.4. The number of rotatable bonds is 97. The molecule has 9 unspecified atom stereocenters. The second kappa shape index (κ2) is 87.4. The Hall–Kier alpha value is -4.70. The lowest BCUT2D eigenvalue weighted by Crippen LogP contribution is -2.44. The van der Waals surface area contributed by atoms with Gasteiger partial charge in [0.25, 0.3) is 0 Å². The van der Waals surface area contributed by atoms with Crippen molar-refractivity contribution < 1.29 is 105 Å². The predicted octanol–water partition coefficient (Wildman–Crippen LogP) is 22.2. The van der Waals surface area contributed by atoms with Crippen LogP contribution in [0.5, 0.6) is 5.75 Å². The number of carboxylic acids is 1. The number of phosphoric ester groups is 2. The number of aliphatic hydroxyl groups is 2. The van der Waals surface area contributed by atoms with Crippen molar-refractivity contribution in [2.24, 2.45) is 5.92 Å². The Kier molecular flexibility index (Phi) is 82.8. The van der Waals surface area contributed by atoms with Gasteiger partial charge in [0.15, 0.2) is 6.29 Å². The van der Waals surface area contributed by atoms with Gasteiger partial charge in [-0.05, 0) is 140 Å². The highest BCUT2D eigenvalue weighted by molar-refractivity contribution is 7.47. The average Bonchev–Trinajstić information content (AvgIpc) is 0.858. The monoisotopic (exact) mass is 1870 g/mol. The molecule has 1 aromatic rings. The zero-order chi connectivity index (χ0) is 94.4. The van der Waals surface area contributed by atoms with Gasteiger partial charge >= 0.3 is 27.6 Å². The second-order valence-electron chi connectivity index (χ2n) is 35.2. The Balaban J connectivity index is 3.35. The normalized spacial score (nSPS) is 14.4. The topological polar surface area (TPSA) is 381 Å². The number of carbonyl (C=O) groups excluding carboxylic acids is 5. The number of hydrogen-bond acceptors (Lipinski definition) is 20. The number of amides is 4. The molecule has 9 atom stereocenters. The number of carbonyl (C=O) groups is 6. The summed E-state index contributed by atoms with van der Waals surface area (Å²) in [5.74, 6) is -4.34. The van der Waals surface area contributed by atoms with Gasteiger partial charge in [-0.3, -0.25) is 52.2 Å². The van der Waals surface area contributed by atoms with E-state index < -0.39 is 90.4 Å². The first kappa shape index (κ1) is 122. The van der Waals surface area contributed by atoms with E-state index in [0.29, 0.717) is 75.5 Å². The van der Waals surface area contributed by atoms with Crippen LogP contribution >= 0.6 is 15.6 Å². The third-order valence-corrected chi connectivity index (χ3v) is 24.8. The number of aliphatic hydroxyl groups excluding tert-OH is 2. The van der Waals surface area contributed by atoms with Crippen LogP contribution in [0.3, 0.4) is 0 Å². The molecule has 1 rings (SSSR count). The van der Waals surface area contributed by atoms with Crippen molar-refractivity contribution in [2.45, 2.75) is 457 Å². The van der Waals surface area contributed by atoms with Crippen molar-refractivity contribution in [3.05, 3.63) is 54.1 Å². The molecule has 129 heavy (non-hydrogen) atoms. The maximum absolute atomic E-state index is 14.2. The first-order chi connectivity index (χ1) is 62.6. The van der Waals surface area contributed by atoms with Gasteiger partial charge < -0.3 is 70.1 Å². The van der Waals surface area contributed by atoms with Crippen molar-refractivity contribution in [1.29, 1.82) is 0 Å². The third-order valence-electron chi connectivity index (χ3n) is 22.9. The fraction of sp³-hybridized carbons (Fsp3) is 0.840. The minimum Gasteiger partial charge on any atom is -0.492 e. The molecule has 0 fully saturated rings. The fourth-order valence-corrected chi connectivity index (χ4v) is 16.6. The van der Waals surface area contributed by atoms with Crippen molar-refractivity contribution in [2.75, 3.05) is 79.1 Å². The van der Waals surface area contributed by atoms with E-state index in [1.807, 2.05) is 0 Å². The van der Waals surface area contributed by atoms with Crippen LogP contribution in [0, 0.1) is 5.92 Å². The van der Waals surface area contributed by atoms with Crippen LogP contribution in [0.4, 0.5) is 0 Å². The highest BCUT2D eigenvalue weighted by Gasteiger charge is 2.31. The van der Waals surface area contributed by atoms with E-state index >= 15 is 0 Å². The number of carboxylic acid groups (broad SMARTS) is 1. The maximum atomic E-state index is 14.2. The van der Waals surface area contributed by atoms with E-state index in [2.05, 4.69) is 92.4 Å². The lowest BCUT2D eigenvalue weighted by molar-refractivity contribution is -0.150. The van der Waals surface area contributed by atoms with Crippen molar-refractivity contribution >= 4 is 51.2 Å². The molecule has 0 bridgehead atoms. The van der Waals surface area contributed by atoms with E-state index in [1.165, 1.54) is 128 Å². The smallest absolute Gasteiger partial charge is 0.472 e. The standard InChI is InChI=1S/C100H185N5O22P2/c1-7-13-19-25-29-33-35-39-41-47-53-62-94(107)104-87(82-119-76-71-90(59-51-45-23-17-11-5)126-97(111)65-55-49-43-37-31-27-21-15-9-3)84-124-128(115,116)122-79-74-102-99(113)92(81-86-67-69-89(70-68-86)121-78-73-101-93(106)61-57-58-64-96(109)110)100(114)103-75-80-123-129(117,118)125-85-88(105-95(108)63-54-48-42-40-36-34-30-26-20-14-8-2)83-120-77-72-91(60-52-46-24-18-12-6)127-98(112)66-56-50-44-38-32-28-22-16-10-4/h37-38,43-44,67-70,87-88,90-92,94,97,104,107,111H,7-36,39-42,45-66,71-85H2,1-6H3,(H,101,106)(H,102,113)(H,103,114)(H,105,108)(H,109,110)(H,115,116)(H,117,118)/b43-37-,44-38-.